The zero-order valence-corrected chi connectivity index (χ0v) is 15.8. The van der Waals surface area contributed by atoms with Gasteiger partial charge in [-0.2, -0.15) is 36.4 Å². The molecule has 154 valence electrons. The van der Waals surface area contributed by atoms with Crippen molar-refractivity contribution in [3.63, 3.8) is 0 Å². The molecule has 0 bridgehead atoms. The summed E-state index contributed by atoms with van der Waals surface area (Å²) in [7, 11) is 1.27. The van der Waals surface area contributed by atoms with Gasteiger partial charge in [0, 0.05) is 25.2 Å². The van der Waals surface area contributed by atoms with Gasteiger partial charge in [-0.15, -0.1) is 0 Å². The maximum Gasteiger partial charge on any atom is 0.447 e. The molecule has 0 saturated carbocycles. The number of nitrogens with zero attached hydrogens (tertiary/aromatic N) is 3. The van der Waals surface area contributed by atoms with Gasteiger partial charge in [-0.25, -0.2) is 4.68 Å². The van der Waals surface area contributed by atoms with E-state index < -0.39 is 33.5 Å². The highest BCUT2D eigenvalue weighted by Gasteiger charge is 2.35. The fraction of sp³-hybridized carbons (Fsp3) is 0.333. The Hall–Kier alpha value is -2.08. The van der Waals surface area contributed by atoms with E-state index in [1.807, 2.05) is 0 Å². The first-order valence-corrected chi connectivity index (χ1v) is 8.55. The molecule has 0 aliphatic rings. The number of hydrogen-bond acceptors (Lipinski definition) is 5. The number of ether oxygens (including phenoxy) is 2. The molecule has 0 unspecified atom stereocenters. The van der Waals surface area contributed by atoms with Crippen molar-refractivity contribution in [1.29, 1.82) is 0 Å². The molecule has 2 rings (SSSR count). The summed E-state index contributed by atoms with van der Waals surface area (Å²) in [6.45, 7) is 1.34. The van der Waals surface area contributed by atoms with Crippen molar-refractivity contribution in [3.8, 4) is 17.6 Å². The summed E-state index contributed by atoms with van der Waals surface area (Å²) in [5.74, 6) is -0.293. The van der Waals surface area contributed by atoms with Crippen LogP contribution in [0.2, 0.25) is 0 Å². The number of pyridine rings is 1. The van der Waals surface area contributed by atoms with Crippen molar-refractivity contribution in [1.82, 2.24) is 14.8 Å². The second-order valence-electron chi connectivity index (χ2n) is 5.28. The lowest BCUT2D eigenvalue weighted by atomic mass is 10.3. The molecule has 0 aliphatic heterocycles. The minimum Gasteiger partial charge on any atom is -0.473 e. The second-order valence-corrected chi connectivity index (χ2v) is 7.02. The fourth-order valence-electron chi connectivity index (χ4n) is 1.87. The predicted molar refractivity (Wildman–Crippen MR) is 90.3 cm³/mol. The smallest absolute Gasteiger partial charge is 0.447 e. The molecule has 0 N–H and O–H groups in total. The molecule has 0 spiro atoms. The first-order chi connectivity index (χ1) is 12.8. The summed E-state index contributed by atoms with van der Waals surface area (Å²) in [5, 5.41) is 3.31. The van der Waals surface area contributed by atoms with E-state index in [9.17, 15) is 26.3 Å². The average Bonchev–Trinajstić information content (AvgIpc) is 2.86. The van der Waals surface area contributed by atoms with E-state index in [0.29, 0.717) is 11.6 Å². The van der Waals surface area contributed by atoms with Crippen molar-refractivity contribution >= 4 is 23.4 Å². The van der Waals surface area contributed by atoms with Crippen LogP contribution < -0.4 is 9.47 Å². The number of alkyl halides is 6. The van der Waals surface area contributed by atoms with Gasteiger partial charge in [-0.3, -0.25) is 0 Å². The molecule has 2 heterocycles. The molecule has 0 saturated heterocycles. The Bertz CT molecular complexity index is 866. The van der Waals surface area contributed by atoms with Gasteiger partial charge in [0.1, 0.15) is 6.61 Å². The quantitative estimate of drug-likeness (QED) is 0.536. The van der Waals surface area contributed by atoms with Crippen LogP contribution in [0.3, 0.4) is 0 Å². The third-order valence-corrected chi connectivity index (χ3v) is 3.93. The summed E-state index contributed by atoms with van der Waals surface area (Å²) in [4.78, 5) is 3.94. The Labute approximate surface area is 164 Å². The highest BCUT2D eigenvalue weighted by molar-refractivity contribution is 8.05. The monoisotopic (exact) mass is 447 g/mol. The van der Waals surface area contributed by atoms with Crippen LogP contribution in [0.4, 0.5) is 26.3 Å². The van der Waals surface area contributed by atoms with E-state index in [1.54, 1.807) is 6.92 Å². The van der Waals surface area contributed by atoms with Crippen LogP contribution >= 0.6 is 23.4 Å². The van der Waals surface area contributed by atoms with Crippen LogP contribution in [0.15, 0.2) is 28.6 Å². The van der Waals surface area contributed by atoms with Crippen LogP contribution in [0.25, 0.3) is 0 Å². The van der Waals surface area contributed by atoms with Crippen molar-refractivity contribution < 1.29 is 35.8 Å². The van der Waals surface area contributed by atoms with Crippen molar-refractivity contribution in [2.45, 2.75) is 18.6 Å². The van der Waals surface area contributed by atoms with Crippen molar-refractivity contribution in [3.05, 3.63) is 39.9 Å². The highest BCUT2D eigenvalue weighted by Crippen LogP contribution is 2.38. The lowest BCUT2D eigenvalue weighted by molar-refractivity contribution is -0.141. The molecule has 2 aromatic rings. The Balaban J connectivity index is 2.09. The average molecular weight is 448 g/mol. The van der Waals surface area contributed by atoms with Gasteiger partial charge in [-0.05, 0) is 30.3 Å². The zero-order chi connectivity index (χ0) is 21.1. The zero-order valence-electron chi connectivity index (χ0n) is 14.2. The number of aryl methyl sites for hydroxylation is 2. The van der Waals surface area contributed by atoms with Crippen LogP contribution in [-0.2, 0) is 13.2 Å². The first-order valence-electron chi connectivity index (χ1n) is 7.35. The van der Waals surface area contributed by atoms with Gasteiger partial charge in [-0.1, -0.05) is 11.6 Å². The van der Waals surface area contributed by atoms with Crippen LogP contribution in [0.5, 0.6) is 17.6 Å². The van der Waals surface area contributed by atoms with E-state index >= 15 is 0 Å². The van der Waals surface area contributed by atoms with Crippen LogP contribution in [-0.4, -0.2) is 26.9 Å². The van der Waals surface area contributed by atoms with Gasteiger partial charge < -0.3 is 9.47 Å². The second kappa shape index (κ2) is 8.52. The summed E-state index contributed by atoms with van der Waals surface area (Å²) in [5.41, 5.74) is -5.05. The number of hydrogen-bond donors (Lipinski definition) is 0. The van der Waals surface area contributed by atoms with Gasteiger partial charge in [0.25, 0.3) is 0 Å². The molecular weight excluding hydrogens is 436 g/mol. The van der Waals surface area contributed by atoms with E-state index in [0.717, 1.165) is 10.8 Å². The molecule has 5 nitrogen and oxygen atoms in total. The van der Waals surface area contributed by atoms with Crippen molar-refractivity contribution in [2.75, 3.05) is 6.61 Å². The fourth-order valence-corrected chi connectivity index (χ4v) is 2.56. The van der Waals surface area contributed by atoms with E-state index in [1.165, 1.54) is 19.2 Å². The lowest BCUT2D eigenvalue weighted by Gasteiger charge is -2.09. The maximum atomic E-state index is 12.7. The third-order valence-electron chi connectivity index (χ3n) is 2.95. The minimum absolute atomic E-state index is 0.00839. The summed E-state index contributed by atoms with van der Waals surface area (Å²) in [6.07, 6.45) is -3.63. The summed E-state index contributed by atoms with van der Waals surface area (Å²) >= 11 is 4.94. The van der Waals surface area contributed by atoms with Crippen LogP contribution in [0.1, 0.15) is 11.3 Å². The van der Waals surface area contributed by atoms with E-state index in [2.05, 4.69) is 10.1 Å². The maximum absolute atomic E-state index is 12.7. The van der Waals surface area contributed by atoms with Crippen molar-refractivity contribution in [2.24, 2.45) is 7.05 Å². The standard InChI is InChI=1S/C15H12ClF6N3O2S/c1-8-5-11(26-4-3-10(16)28-15(20,21)22)23-12(6-8)27-13-7-9(14(17,18)19)24-25(13)2/h3,5-7H,4H2,1-2H3. The normalized spacial score (nSPS) is 13.0. The number of thioether (sulfide) groups is 1. The minimum atomic E-state index is -4.63. The van der Waals surface area contributed by atoms with Crippen LogP contribution in [0, 0.1) is 6.92 Å². The molecule has 0 amide bonds. The molecule has 28 heavy (non-hydrogen) atoms. The predicted octanol–water partition coefficient (Wildman–Crippen LogP) is 5.65. The largest absolute Gasteiger partial charge is 0.473 e. The Morgan fingerprint density at radius 2 is 1.82 bits per heavy atom. The molecule has 0 aromatic carbocycles. The Morgan fingerprint density at radius 3 is 2.39 bits per heavy atom. The SMILES string of the molecule is Cc1cc(OCC=C(Cl)SC(F)(F)F)nc(Oc2cc(C(F)(F)F)nn2C)c1. The number of rotatable bonds is 6. The first kappa shape index (κ1) is 22.2. The molecule has 13 heteroatoms. The third kappa shape index (κ3) is 6.82. The lowest BCUT2D eigenvalue weighted by Crippen LogP contribution is -2.06. The van der Waals surface area contributed by atoms with Gasteiger partial charge in [0.15, 0.2) is 5.69 Å². The molecule has 0 aliphatic carbocycles. The van der Waals surface area contributed by atoms with E-state index in [4.69, 9.17) is 21.1 Å². The highest BCUT2D eigenvalue weighted by atomic mass is 35.5. The van der Waals surface area contributed by atoms with Gasteiger partial charge in [0.05, 0.1) is 4.36 Å². The Morgan fingerprint density at radius 1 is 1.18 bits per heavy atom. The van der Waals surface area contributed by atoms with Gasteiger partial charge in [0.2, 0.25) is 17.6 Å². The molecule has 2 aromatic heterocycles. The molecule has 0 fully saturated rings. The number of aromatic nitrogens is 3. The summed E-state index contributed by atoms with van der Waals surface area (Å²) < 4.78 is 85.5. The molecule has 0 atom stereocenters. The molecule has 0 radical (unpaired) electrons. The molecular formula is C15H12ClF6N3O2S. The Kier molecular flexibility index (Phi) is 6.75. The van der Waals surface area contributed by atoms with Gasteiger partial charge >= 0.3 is 11.7 Å². The summed E-state index contributed by atoms with van der Waals surface area (Å²) in [6, 6.07) is 3.62. The number of halogens is 7. The van der Waals surface area contributed by atoms with E-state index in [-0.39, 0.29) is 24.2 Å². The topological polar surface area (TPSA) is 49.2 Å².